The second kappa shape index (κ2) is 6.28. The lowest BCUT2D eigenvalue weighted by atomic mass is 10.1. The SMILES string of the molecule is O=S(=O)(Nc1cc(-c2ccc(Cl)cc2)no1)NC1CCCC1. The maximum Gasteiger partial charge on any atom is 0.301 e. The van der Waals surface area contributed by atoms with Crippen LogP contribution in [0.1, 0.15) is 25.7 Å². The summed E-state index contributed by atoms with van der Waals surface area (Å²) >= 11 is 5.83. The molecule has 2 aromatic rings. The van der Waals surface area contributed by atoms with Crippen LogP contribution >= 0.6 is 11.6 Å². The van der Waals surface area contributed by atoms with Gasteiger partial charge in [-0.2, -0.15) is 13.1 Å². The molecule has 0 bridgehead atoms. The average molecular weight is 342 g/mol. The Hall–Kier alpha value is -1.57. The Labute approximate surface area is 134 Å². The number of anilines is 1. The summed E-state index contributed by atoms with van der Waals surface area (Å²) in [5.74, 6) is 0.0791. The molecule has 0 amide bonds. The molecule has 2 N–H and O–H groups in total. The van der Waals surface area contributed by atoms with Gasteiger partial charge in [0.2, 0.25) is 5.88 Å². The first-order valence-corrected chi connectivity index (χ1v) is 8.91. The normalized spacial score (nSPS) is 16.0. The van der Waals surface area contributed by atoms with Crippen LogP contribution in [0.3, 0.4) is 0 Å². The number of nitrogens with one attached hydrogen (secondary N) is 2. The Morgan fingerprint density at radius 2 is 1.86 bits per heavy atom. The van der Waals surface area contributed by atoms with E-state index in [-0.39, 0.29) is 11.9 Å². The molecule has 1 fully saturated rings. The van der Waals surface area contributed by atoms with E-state index in [1.165, 1.54) is 6.07 Å². The number of nitrogens with zero attached hydrogens (tertiary/aromatic N) is 1. The number of halogens is 1. The van der Waals surface area contributed by atoms with Crippen LogP contribution < -0.4 is 9.44 Å². The van der Waals surface area contributed by atoms with Crippen molar-refractivity contribution in [1.82, 2.24) is 9.88 Å². The molecule has 0 unspecified atom stereocenters. The van der Waals surface area contributed by atoms with E-state index in [0.29, 0.717) is 10.7 Å². The third-order valence-corrected chi connectivity index (χ3v) is 4.93. The predicted octanol–water partition coefficient (Wildman–Crippen LogP) is 3.18. The maximum absolute atomic E-state index is 12.0. The topological polar surface area (TPSA) is 84.2 Å². The van der Waals surface area contributed by atoms with Crippen LogP contribution in [-0.4, -0.2) is 19.6 Å². The molecule has 118 valence electrons. The monoisotopic (exact) mass is 341 g/mol. The Morgan fingerprint density at radius 1 is 1.18 bits per heavy atom. The highest BCUT2D eigenvalue weighted by atomic mass is 35.5. The van der Waals surface area contributed by atoms with E-state index in [0.717, 1.165) is 31.2 Å². The average Bonchev–Trinajstić information content (AvgIpc) is 3.10. The summed E-state index contributed by atoms with van der Waals surface area (Å²) < 4.78 is 34.0. The Morgan fingerprint density at radius 3 is 2.55 bits per heavy atom. The Bertz CT molecular complexity index is 737. The van der Waals surface area contributed by atoms with Crippen molar-refractivity contribution in [3.05, 3.63) is 35.4 Å². The first-order chi connectivity index (χ1) is 10.5. The smallest absolute Gasteiger partial charge is 0.301 e. The highest BCUT2D eigenvalue weighted by Gasteiger charge is 2.22. The summed E-state index contributed by atoms with van der Waals surface area (Å²) in [5, 5.41) is 4.48. The van der Waals surface area contributed by atoms with Gasteiger partial charge in [0, 0.05) is 22.7 Å². The molecule has 1 aliphatic carbocycles. The summed E-state index contributed by atoms with van der Waals surface area (Å²) in [7, 11) is -3.65. The van der Waals surface area contributed by atoms with E-state index in [1.807, 2.05) is 0 Å². The molecule has 0 radical (unpaired) electrons. The third kappa shape index (κ3) is 3.79. The lowest BCUT2D eigenvalue weighted by Crippen LogP contribution is -2.36. The molecule has 8 heteroatoms. The second-order valence-electron chi connectivity index (χ2n) is 5.29. The number of aromatic nitrogens is 1. The molecule has 1 aliphatic rings. The summed E-state index contributed by atoms with van der Waals surface area (Å²) in [6.45, 7) is 0. The first-order valence-electron chi connectivity index (χ1n) is 7.04. The molecule has 1 aromatic heterocycles. The van der Waals surface area contributed by atoms with E-state index in [2.05, 4.69) is 14.6 Å². The molecule has 0 atom stereocenters. The van der Waals surface area contributed by atoms with Crippen LogP contribution in [-0.2, 0) is 10.2 Å². The number of rotatable bonds is 5. The van der Waals surface area contributed by atoms with E-state index >= 15 is 0 Å². The van der Waals surface area contributed by atoms with Gasteiger partial charge in [0.1, 0.15) is 5.69 Å². The molecular weight excluding hydrogens is 326 g/mol. The van der Waals surface area contributed by atoms with Crippen molar-refractivity contribution in [2.75, 3.05) is 4.72 Å². The van der Waals surface area contributed by atoms with Crippen LogP contribution in [0.4, 0.5) is 5.88 Å². The highest BCUT2D eigenvalue weighted by molar-refractivity contribution is 7.90. The van der Waals surface area contributed by atoms with Gasteiger partial charge < -0.3 is 4.52 Å². The quantitative estimate of drug-likeness (QED) is 0.874. The van der Waals surface area contributed by atoms with E-state index in [9.17, 15) is 8.42 Å². The predicted molar refractivity (Wildman–Crippen MR) is 84.9 cm³/mol. The van der Waals surface area contributed by atoms with Gasteiger partial charge in [0.15, 0.2) is 0 Å². The fourth-order valence-corrected chi connectivity index (χ4v) is 3.73. The van der Waals surface area contributed by atoms with Gasteiger partial charge in [-0.3, -0.25) is 0 Å². The summed E-state index contributed by atoms with van der Waals surface area (Å²) in [5.41, 5.74) is 1.33. The van der Waals surface area contributed by atoms with E-state index in [4.69, 9.17) is 16.1 Å². The van der Waals surface area contributed by atoms with Gasteiger partial charge in [-0.25, -0.2) is 4.72 Å². The standard InChI is InChI=1S/C14H16ClN3O3S/c15-11-7-5-10(6-8-11)13-9-14(21-16-13)18-22(19,20)17-12-3-1-2-4-12/h5-9,12,17-18H,1-4H2. The molecule has 1 heterocycles. The molecule has 0 saturated heterocycles. The highest BCUT2D eigenvalue weighted by Crippen LogP contribution is 2.24. The number of hydrogen-bond donors (Lipinski definition) is 2. The van der Waals surface area contributed by atoms with Crippen molar-refractivity contribution >= 4 is 27.7 Å². The van der Waals surface area contributed by atoms with Gasteiger partial charge in [-0.1, -0.05) is 41.7 Å². The summed E-state index contributed by atoms with van der Waals surface area (Å²) in [6, 6.07) is 8.58. The fourth-order valence-electron chi connectivity index (χ4n) is 2.50. The molecule has 0 spiro atoms. The lowest BCUT2D eigenvalue weighted by molar-refractivity contribution is 0.437. The molecule has 22 heavy (non-hydrogen) atoms. The van der Waals surface area contributed by atoms with Gasteiger partial charge in [-0.05, 0) is 25.0 Å². The molecule has 6 nitrogen and oxygen atoms in total. The molecule has 0 aliphatic heterocycles. The zero-order chi connectivity index (χ0) is 15.6. The van der Waals surface area contributed by atoms with Gasteiger partial charge in [0.25, 0.3) is 0 Å². The number of benzene rings is 1. The van der Waals surface area contributed by atoms with Crippen molar-refractivity contribution in [1.29, 1.82) is 0 Å². The zero-order valence-electron chi connectivity index (χ0n) is 11.8. The van der Waals surface area contributed by atoms with Crippen molar-refractivity contribution in [2.45, 2.75) is 31.7 Å². The molecular formula is C14H16ClN3O3S. The van der Waals surface area contributed by atoms with Crippen LogP contribution in [0.2, 0.25) is 5.02 Å². The number of hydrogen-bond acceptors (Lipinski definition) is 4. The minimum atomic E-state index is -3.65. The third-order valence-electron chi connectivity index (χ3n) is 3.56. The van der Waals surface area contributed by atoms with Crippen molar-refractivity contribution in [3.8, 4) is 11.3 Å². The van der Waals surface area contributed by atoms with Crippen LogP contribution in [0.25, 0.3) is 11.3 Å². The second-order valence-corrected chi connectivity index (χ2v) is 7.17. The van der Waals surface area contributed by atoms with E-state index in [1.54, 1.807) is 24.3 Å². The molecule has 1 saturated carbocycles. The Kier molecular flexibility index (Phi) is 4.37. The summed E-state index contributed by atoms with van der Waals surface area (Å²) in [4.78, 5) is 0. The minimum absolute atomic E-state index is 0.00356. The van der Waals surface area contributed by atoms with Crippen LogP contribution in [0.15, 0.2) is 34.9 Å². The minimum Gasteiger partial charge on any atom is -0.337 e. The van der Waals surface area contributed by atoms with E-state index < -0.39 is 10.2 Å². The first kappa shape index (κ1) is 15.3. The van der Waals surface area contributed by atoms with Crippen molar-refractivity contribution < 1.29 is 12.9 Å². The van der Waals surface area contributed by atoms with Gasteiger partial charge in [0.05, 0.1) is 0 Å². The van der Waals surface area contributed by atoms with Crippen molar-refractivity contribution in [3.63, 3.8) is 0 Å². The van der Waals surface area contributed by atoms with Gasteiger partial charge >= 0.3 is 10.2 Å². The Balaban J connectivity index is 1.69. The van der Waals surface area contributed by atoms with Crippen molar-refractivity contribution in [2.24, 2.45) is 0 Å². The van der Waals surface area contributed by atoms with Crippen LogP contribution in [0.5, 0.6) is 0 Å². The largest absolute Gasteiger partial charge is 0.337 e. The molecule has 1 aromatic carbocycles. The maximum atomic E-state index is 12.0. The van der Waals surface area contributed by atoms with Crippen LogP contribution in [0, 0.1) is 0 Å². The summed E-state index contributed by atoms with van der Waals surface area (Å²) in [6.07, 6.45) is 3.84. The molecule has 3 rings (SSSR count). The zero-order valence-corrected chi connectivity index (χ0v) is 13.3. The van der Waals surface area contributed by atoms with Gasteiger partial charge in [-0.15, -0.1) is 0 Å². The lowest BCUT2D eigenvalue weighted by Gasteiger charge is -2.11. The fraction of sp³-hybridized carbons (Fsp3) is 0.357.